The molecular weight excluding hydrogens is 975 g/mol. The molecule has 0 radical (unpaired) electrons. The summed E-state index contributed by atoms with van der Waals surface area (Å²) in [6, 6.07) is 21.5. The topological polar surface area (TPSA) is 192 Å². The zero-order valence-electron chi connectivity index (χ0n) is 44.2. The van der Waals surface area contributed by atoms with Crippen molar-refractivity contribution in [2.24, 2.45) is 22.9 Å². The Balaban J connectivity index is 1.42. The van der Waals surface area contributed by atoms with E-state index < -0.39 is 28.8 Å². The van der Waals surface area contributed by atoms with Gasteiger partial charge in [-0.1, -0.05) is 113 Å². The van der Waals surface area contributed by atoms with Crippen LogP contribution in [0.4, 0.5) is 10.5 Å². The maximum absolute atomic E-state index is 14.9. The number of nitro benzene ring substituents is 1. The van der Waals surface area contributed by atoms with Crippen molar-refractivity contribution in [3.63, 3.8) is 0 Å². The highest BCUT2D eigenvalue weighted by Gasteiger charge is 2.65. The van der Waals surface area contributed by atoms with E-state index >= 15 is 0 Å². The van der Waals surface area contributed by atoms with Crippen LogP contribution in [0, 0.1) is 27.9 Å². The lowest BCUT2D eigenvalue weighted by Crippen LogP contribution is -2.70. The Hall–Kier alpha value is -4.97. The first-order valence-electron chi connectivity index (χ1n) is 27.6. The monoisotopic (exact) mass is 1060 g/mol. The van der Waals surface area contributed by atoms with Crippen LogP contribution in [0.1, 0.15) is 133 Å². The van der Waals surface area contributed by atoms with Crippen molar-refractivity contribution >= 4 is 29.3 Å². The molecule has 2 aliphatic carbocycles. The lowest BCUT2D eigenvalue weighted by atomic mass is 9.55. The summed E-state index contributed by atoms with van der Waals surface area (Å²) in [5.41, 5.74) is 3.05. The number of unbranched alkanes of at least 4 members (excludes halogenated alkanes) is 11. The fourth-order valence-corrected chi connectivity index (χ4v) is 11.8. The molecule has 3 aliphatic rings. The van der Waals surface area contributed by atoms with Gasteiger partial charge in [0.2, 0.25) is 5.79 Å². The zero-order chi connectivity index (χ0) is 53.1. The second-order valence-electron chi connectivity index (χ2n) is 19.8. The van der Waals surface area contributed by atoms with Crippen molar-refractivity contribution in [3.8, 4) is 11.5 Å². The highest BCUT2D eigenvalue weighted by molar-refractivity contribution is 7.99. The third-order valence-corrected chi connectivity index (χ3v) is 15.6. The van der Waals surface area contributed by atoms with Gasteiger partial charge in [-0.15, -0.1) is 18.3 Å². The first-order chi connectivity index (χ1) is 36.8. The summed E-state index contributed by atoms with van der Waals surface area (Å²) < 4.78 is 33.1. The number of benzene rings is 3. The average Bonchev–Trinajstić information content (AvgIpc) is 3.42. The molecule has 3 aromatic rings. The summed E-state index contributed by atoms with van der Waals surface area (Å²) >= 11 is 1.72. The van der Waals surface area contributed by atoms with Crippen LogP contribution in [0.25, 0.3) is 0 Å². The molecule has 1 fully saturated rings. The van der Waals surface area contributed by atoms with Gasteiger partial charge in [0.1, 0.15) is 24.1 Å². The summed E-state index contributed by atoms with van der Waals surface area (Å²) in [6.45, 7) is 7.30. The van der Waals surface area contributed by atoms with Crippen LogP contribution in [-0.4, -0.2) is 114 Å². The van der Waals surface area contributed by atoms with E-state index in [4.69, 9.17) is 33.7 Å². The van der Waals surface area contributed by atoms with Crippen LogP contribution in [0.15, 0.2) is 107 Å². The molecule has 0 aromatic heterocycles. The van der Waals surface area contributed by atoms with Gasteiger partial charge in [0.15, 0.2) is 0 Å². The van der Waals surface area contributed by atoms with Crippen LogP contribution < -0.4 is 9.47 Å². The quantitative estimate of drug-likeness (QED) is 0.0163. The number of fused-ring (bicyclic) bond motifs is 2. The minimum atomic E-state index is -1.53. The van der Waals surface area contributed by atoms with Crippen LogP contribution in [-0.2, 0) is 25.7 Å². The number of oxime groups is 1. The number of hydrogen-bond acceptors (Lipinski definition) is 14. The molecule has 75 heavy (non-hydrogen) atoms. The number of hydrogen-bond donors (Lipinski definition) is 3. The fourth-order valence-electron chi connectivity index (χ4n) is 11.0. The van der Waals surface area contributed by atoms with E-state index in [0.29, 0.717) is 48.6 Å². The molecule has 6 atom stereocenters. The number of carbonyl (C=O) groups excluding carboxylic acids is 1. The van der Waals surface area contributed by atoms with E-state index in [1.807, 2.05) is 30.3 Å². The molecule has 1 heterocycles. The molecule has 6 rings (SSSR count). The summed E-state index contributed by atoms with van der Waals surface area (Å²) in [6.07, 6.45) is 19.3. The Labute approximate surface area is 449 Å². The Bertz CT molecular complexity index is 2230. The molecule has 0 spiro atoms. The van der Waals surface area contributed by atoms with Gasteiger partial charge in [-0.3, -0.25) is 15.0 Å². The van der Waals surface area contributed by atoms with Crippen LogP contribution in [0.5, 0.6) is 11.5 Å². The molecule has 3 N–H and O–H groups in total. The number of aliphatic hydroxyl groups is 3. The third kappa shape index (κ3) is 17.3. The highest BCUT2D eigenvalue weighted by Crippen LogP contribution is 2.62. The van der Waals surface area contributed by atoms with Crippen molar-refractivity contribution in [1.82, 2.24) is 4.90 Å². The Kier molecular flexibility index (Phi) is 25.7. The molecule has 412 valence electrons. The molecular formula is C59H83N3O12S. The average molecular weight is 1060 g/mol. The first kappa shape index (κ1) is 59.3. The van der Waals surface area contributed by atoms with Gasteiger partial charge >= 0.3 is 6.09 Å². The Morgan fingerprint density at radius 3 is 2.28 bits per heavy atom. The Morgan fingerprint density at radius 1 is 0.867 bits per heavy atom. The predicted octanol–water partition coefficient (Wildman–Crippen LogP) is 12.0. The van der Waals surface area contributed by atoms with E-state index in [1.165, 1.54) is 50.7 Å². The van der Waals surface area contributed by atoms with Crippen molar-refractivity contribution < 1.29 is 53.6 Å². The number of aliphatic hydroxyl groups excluding tert-OH is 3. The molecule has 15 nitrogen and oxygen atoms in total. The number of ether oxygens (including phenoxy) is 5. The highest BCUT2D eigenvalue weighted by atomic mass is 32.2. The molecule has 16 heteroatoms. The number of amides is 1. The SMILES string of the molecule is C=CCOC12Oc3ccc(OCCSc4ccccc4)cc3C3C(CCCCO)C(CCCCO)C=C(C(=NOCc4ccc([N+](=O)[O-])cc4)CC1N(CCOCCO)C(=O)OCCCCCCCCCCCC)C32. The zero-order valence-corrected chi connectivity index (χ0v) is 45.1. The van der Waals surface area contributed by atoms with Gasteiger partial charge in [-0.05, 0) is 97.5 Å². The molecule has 3 aromatic carbocycles. The number of thioether (sulfide) groups is 1. The van der Waals surface area contributed by atoms with Gasteiger partial charge in [-0.25, -0.2) is 4.79 Å². The number of non-ortho nitro benzene ring substituents is 1. The molecule has 1 saturated carbocycles. The van der Waals surface area contributed by atoms with E-state index in [2.05, 4.69) is 37.8 Å². The smallest absolute Gasteiger partial charge is 0.410 e. The van der Waals surface area contributed by atoms with Crippen molar-refractivity contribution in [2.75, 3.05) is 65.2 Å². The lowest BCUT2D eigenvalue weighted by molar-refractivity contribution is -0.384. The second kappa shape index (κ2) is 32.6. The maximum atomic E-state index is 14.9. The number of allylic oxidation sites excluding steroid dienone is 1. The maximum Gasteiger partial charge on any atom is 0.410 e. The van der Waals surface area contributed by atoms with E-state index in [0.717, 1.165) is 66.7 Å². The molecule has 1 amide bonds. The standard InChI is InChI=1S/C59H83N3O12S/c1-3-5-6-7-8-9-10-11-12-20-36-71-58(66)61(31-37-69-38-34-65)55-43-53(60-73-44-45-25-27-47(28-26-45)62(67)68)51-41-46(21-16-18-32-63)50(24-17-19-33-64)56-52-42-48(70-39-40-75-49-22-14-13-15-23-49)29-30-54(52)74-59(55,57(51)56)72-35-4-2/h4,13-15,22-23,25-30,41-42,46,50,55-57,63-65H,2-3,5-12,16-21,24,31-40,43-44H2,1H3. The van der Waals surface area contributed by atoms with Crippen molar-refractivity contribution in [2.45, 2.75) is 145 Å². The van der Waals surface area contributed by atoms with Gasteiger partial charge < -0.3 is 43.8 Å². The lowest BCUT2D eigenvalue weighted by Gasteiger charge is -2.59. The molecule has 6 unspecified atom stereocenters. The number of rotatable bonds is 37. The minimum Gasteiger partial charge on any atom is -0.493 e. The van der Waals surface area contributed by atoms with Gasteiger partial charge in [0.05, 0.1) is 56.2 Å². The normalized spacial score (nSPS) is 21.1. The Morgan fingerprint density at radius 2 is 1.59 bits per heavy atom. The third-order valence-electron chi connectivity index (χ3n) is 14.6. The van der Waals surface area contributed by atoms with E-state index in [9.17, 15) is 30.2 Å². The van der Waals surface area contributed by atoms with Gasteiger partial charge in [0.25, 0.3) is 5.69 Å². The second-order valence-corrected chi connectivity index (χ2v) is 21.0. The van der Waals surface area contributed by atoms with Crippen molar-refractivity contribution in [1.29, 1.82) is 0 Å². The van der Waals surface area contributed by atoms with Gasteiger partial charge in [0, 0.05) is 60.4 Å². The summed E-state index contributed by atoms with van der Waals surface area (Å²) in [4.78, 5) is 35.0. The number of nitro groups is 1. The number of nitrogens with zero attached hydrogens (tertiary/aromatic N) is 3. The van der Waals surface area contributed by atoms with Gasteiger partial charge in [-0.2, -0.15) is 0 Å². The summed E-state index contributed by atoms with van der Waals surface area (Å²) in [5, 5.41) is 46.2. The minimum absolute atomic E-state index is 0.00632. The van der Waals surface area contributed by atoms with Crippen molar-refractivity contribution in [3.05, 3.63) is 118 Å². The van der Waals surface area contributed by atoms with Crippen LogP contribution in [0.2, 0.25) is 0 Å². The van der Waals surface area contributed by atoms with Crippen LogP contribution in [0.3, 0.4) is 0 Å². The fraction of sp³-hybridized carbons (Fsp3) is 0.593. The molecule has 1 aliphatic heterocycles. The largest absolute Gasteiger partial charge is 0.493 e. The van der Waals surface area contributed by atoms with E-state index in [1.54, 1.807) is 34.9 Å². The van der Waals surface area contributed by atoms with E-state index in [-0.39, 0.29) is 89.3 Å². The van der Waals surface area contributed by atoms with Crippen LogP contribution >= 0.6 is 11.8 Å². The predicted molar refractivity (Wildman–Crippen MR) is 293 cm³/mol. The molecule has 0 bridgehead atoms. The summed E-state index contributed by atoms with van der Waals surface area (Å²) in [5.74, 6) is -0.348. The molecule has 0 saturated heterocycles. The summed E-state index contributed by atoms with van der Waals surface area (Å²) in [7, 11) is 0. The number of carbonyl (C=O) groups is 1. The first-order valence-corrected chi connectivity index (χ1v) is 28.6.